The number of anilines is 1. The number of piperazine rings is 1. The zero-order valence-corrected chi connectivity index (χ0v) is 14.4. The van der Waals surface area contributed by atoms with Crippen LogP contribution >= 0.6 is 0 Å². The van der Waals surface area contributed by atoms with Crippen LogP contribution in [-0.4, -0.2) is 71.8 Å². The Balaban J connectivity index is 1.53. The summed E-state index contributed by atoms with van der Waals surface area (Å²) >= 11 is 0. The molecule has 2 fully saturated rings. The van der Waals surface area contributed by atoms with E-state index in [0.717, 1.165) is 69.0 Å². The van der Waals surface area contributed by atoms with Crippen molar-refractivity contribution in [1.82, 2.24) is 20.2 Å². The number of carboxylic acids is 1. The number of nitrogens with one attached hydrogen (secondary N) is 2. The molecule has 2 aromatic rings. The number of para-hydroxylation sites is 1. The number of carbonyl (C=O) groups is 1. The number of aliphatic carboxylic acids is 1. The minimum Gasteiger partial charge on any atom is -0.480 e. The number of benzene rings is 1. The maximum Gasteiger partial charge on any atom is 0.317 e. The third kappa shape index (κ3) is 3.48. The third-order valence-corrected chi connectivity index (χ3v) is 5.30. The number of likely N-dealkylation sites (tertiary alicyclic amines) is 1. The Hall–Kier alpha value is -2.12. The molecule has 3 heterocycles. The molecule has 0 saturated carbocycles. The van der Waals surface area contributed by atoms with E-state index in [9.17, 15) is 4.79 Å². The second-order valence-corrected chi connectivity index (χ2v) is 6.98. The van der Waals surface area contributed by atoms with Gasteiger partial charge in [-0.15, -0.1) is 0 Å². The van der Waals surface area contributed by atoms with Crippen LogP contribution in [0.4, 0.5) is 5.69 Å². The van der Waals surface area contributed by atoms with Crippen molar-refractivity contribution in [2.75, 3.05) is 50.7 Å². The third-order valence-electron chi connectivity index (χ3n) is 5.30. The lowest BCUT2D eigenvalue weighted by Crippen LogP contribution is -2.43. The molecule has 7 heteroatoms. The van der Waals surface area contributed by atoms with E-state index in [1.165, 1.54) is 5.69 Å². The average molecular weight is 343 g/mol. The summed E-state index contributed by atoms with van der Waals surface area (Å²) in [6, 6.07) is 6.35. The zero-order chi connectivity index (χ0) is 17.2. The Kier molecular flexibility index (Phi) is 4.59. The van der Waals surface area contributed by atoms with Gasteiger partial charge in [-0.25, -0.2) is 4.98 Å². The van der Waals surface area contributed by atoms with Crippen LogP contribution in [0.5, 0.6) is 0 Å². The number of aromatic nitrogens is 2. The fraction of sp³-hybridized carbons (Fsp3) is 0.556. The molecule has 0 unspecified atom stereocenters. The first-order chi connectivity index (χ1) is 12.2. The molecule has 134 valence electrons. The smallest absolute Gasteiger partial charge is 0.317 e. The van der Waals surface area contributed by atoms with E-state index in [-0.39, 0.29) is 6.54 Å². The molecule has 25 heavy (non-hydrogen) atoms. The van der Waals surface area contributed by atoms with Crippen molar-refractivity contribution in [2.45, 2.75) is 18.8 Å². The SMILES string of the molecule is O=C(O)CN1CCC(c2nc3c(N4CCNCC4)cccc3[nH]2)CC1. The van der Waals surface area contributed by atoms with Gasteiger partial charge >= 0.3 is 5.97 Å². The number of aromatic amines is 1. The predicted octanol–water partition coefficient (Wildman–Crippen LogP) is 1.24. The second-order valence-electron chi connectivity index (χ2n) is 6.98. The maximum atomic E-state index is 10.9. The molecule has 0 atom stereocenters. The molecule has 3 N–H and O–H groups in total. The van der Waals surface area contributed by atoms with Gasteiger partial charge in [0.2, 0.25) is 0 Å². The summed E-state index contributed by atoms with van der Waals surface area (Å²) in [6.07, 6.45) is 1.91. The van der Waals surface area contributed by atoms with E-state index in [4.69, 9.17) is 10.1 Å². The average Bonchev–Trinajstić information content (AvgIpc) is 3.07. The number of piperidine rings is 1. The van der Waals surface area contributed by atoms with Crippen molar-refractivity contribution in [3.63, 3.8) is 0 Å². The minimum atomic E-state index is -0.747. The van der Waals surface area contributed by atoms with E-state index in [0.29, 0.717) is 5.92 Å². The quantitative estimate of drug-likeness (QED) is 0.774. The lowest BCUT2D eigenvalue weighted by molar-refractivity contribution is -0.138. The van der Waals surface area contributed by atoms with Gasteiger partial charge in [-0.3, -0.25) is 9.69 Å². The van der Waals surface area contributed by atoms with E-state index < -0.39 is 5.97 Å². The fourth-order valence-corrected chi connectivity index (χ4v) is 3.95. The highest BCUT2D eigenvalue weighted by molar-refractivity contribution is 5.89. The highest BCUT2D eigenvalue weighted by Gasteiger charge is 2.25. The Labute approximate surface area is 147 Å². The van der Waals surface area contributed by atoms with Crippen LogP contribution in [0.25, 0.3) is 11.0 Å². The molecule has 2 saturated heterocycles. The maximum absolute atomic E-state index is 10.9. The molecular formula is C18H25N5O2. The van der Waals surface area contributed by atoms with E-state index >= 15 is 0 Å². The first-order valence-corrected chi connectivity index (χ1v) is 9.09. The highest BCUT2D eigenvalue weighted by atomic mass is 16.4. The van der Waals surface area contributed by atoms with Crippen molar-refractivity contribution in [3.05, 3.63) is 24.0 Å². The molecular weight excluding hydrogens is 318 g/mol. The molecule has 2 aliphatic heterocycles. The summed E-state index contributed by atoms with van der Waals surface area (Å²) in [7, 11) is 0. The van der Waals surface area contributed by atoms with E-state index in [1.807, 2.05) is 4.90 Å². The summed E-state index contributed by atoms with van der Waals surface area (Å²) in [5, 5.41) is 12.3. The molecule has 7 nitrogen and oxygen atoms in total. The van der Waals surface area contributed by atoms with Crippen LogP contribution < -0.4 is 10.2 Å². The normalized spacial score (nSPS) is 20.2. The van der Waals surface area contributed by atoms with Gasteiger partial charge in [-0.05, 0) is 38.1 Å². The lowest BCUT2D eigenvalue weighted by Gasteiger charge is -2.30. The Morgan fingerprint density at radius 3 is 2.68 bits per heavy atom. The summed E-state index contributed by atoms with van der Waals surface area (Å²) in [6.45, 7) is 5.81. The monoisotopic (exact) mass is 343 g/mol. The standard InChI is InChI=1S/C18H25N5O2/c24-16(25)12-22-8-4-13(5-9-22)18-20-14-2-1-3-15(17(14)21-18)23-10-6-19-7-11-23/h1-3,13,19H,4-12H2,(H,20,21)(H,24,25). The van der Waals surface area contributed by atoms with E-state index in [2.05, 4.69) is 33.4 Å². The summed E-state index contributed by atoms with van der Waals surface area (Å²) in [5.74, 6) is 0.684. The van der Waals surface area contributed by atoms with Crippen LogP contribution in [-0.2, 0) is 4.79 Å². The fourth-order valence-electron chi connectivity index (χ4n) is 3.95. The van der Waals surface area contributed by atoms with Gasteiger partial charge in [-0.2, -0.15) is 0 Å². The number of H-pyrrole nitrogens is 1. The van der Waals surface area contributed by atoms with Crippen LogP contribution in [0, 0.1) is 0 Å². The molecule has 0 bridgehead atoms. The topological polar surface area (TPSA) is 84.5 Å². The number of rotatable bonds is 4. The largest absolute Gasteiger partial charge is 0.480 e. The first kappa shape index (κ1) is 16.4. The van der Waals surface area contributed by atoms with Crippen molar-refractivity contribution < 1.29 is 9.90 Å². The molecule has 1 aromatic heterocycles. The van der Waals surface area contributed by atoms with Gasteiger partial charge in [0.25, 0.3) is 0 Å². The van der Waals surface area contributed by atoms with Crippen molar-refractivity contribution in [2.24, 2.45) is 0 Å². The van der Waals surface area contributed by atoms with E-state index in [1.54, 1.807) is 0 Å². The van der Waals surface area contributed by atoms with Crippen LogP contribution in [0.15, 0.2) is 18.2 Å². The number of hydrogen-bond donors (Lipinski definition) is 3. The molecule has 4 rings (SSSR count). The minimum absolute atomic E-state index is 0.139. The van der Waals surface area contributed by atoms with Gasteiger partial charge in [0.15, 0.2) is 0 Å². The number of carboxylic acid groups (broad SMARTS) is 1. The Morgan fingerprint density at radius 2 is 1.96 bits per heavy atom. The summed E-state index contributed by atoms with van der Waals surface area (Å²) in [4.78, 5) is 23.7. The number of fused-ring (bicyclic) bond motifs is 1. The zero-order valence-electron chi connectivity index (χ0n) is 14.4. The predicted molar refractivity (Wildman–Crippen MR) is 97.2 cm³/mol. The van der Waals surface area contributed by atoms with Crippen LogP contribution in [0.3, 0.4) is 0 Å². The Bertz CT molecular complexity index is 745. The molecule has 0 amide bonds. The molecule has 0 aliphatic carbocycles. The lowest BCUT2D eigenvalue weighted by atomic mass is 9.96. The van der Waals surface area contributed by atoms with Crippen molar-refractivity contribution in [3.8, 4) is 0 Å². The second kappa shape index (κ2) is 7.01. The van der Waals surface area contributed by atoms with Gasteiger partial charge in [0.1, 0.15) is 11.3 Å². The molecule has 0 spiro atoms. The number of nitrogens with zero attached hydrogens (tertiary/aromatic N) is 3. The molecule has 2 aliphatic rings. The van der Waals surface area contributed by atoms with Gasteiger partial charge in [0.05, 0.1) is 17.7 Å². The van der Waals surface area contributed by atoms with Crippen molar-refractivity contribution >= 4 is 22.7 Å². The number of imidazole rings is 1. The summed E-state index contributed by atoms with van der Waals surface area (Å²) < 4.78 is 0. The molecule has 1 aromatic carbocycles. The van der Waals surface area contributed by atoms with Gasteiger partial charge < -0.3 is 20.3 Å². The van der Waals surface area contributed by atoms with Gasteiger partial charge in [0, 0.05) is 32.1 Å². The molecule has 0 radical (unpaired) electrons. The van der Waals surface area contributed by atoms with Crippen LogP contribution in [0.1, 0.15) is 24.6 Å². The first-order valence-electron chi connectivity index (χ1n) is 9.09. The Morgan fingerprint density at radius 1 is 1.20 bits per heavy atom. The van der Waals surface area contributed by atoms with Crippen LogP contribution in [0.2, 0.25) is 0 Å². The number of hydrogen-bond acceptors (Lipinski definition) is 5. The van der Waals surface area contributed by atoms with Crippen molar-refractivity contribution in [1.29, 1.82) is 0 Å². The van der Waals surface area contributed by atoms with Gasteiger partial charge in [-0.1, -0.05) is 6.07 Å². The summed E-state index contributed by atoms with van der Waals surface area (Å²) in [5.41, 5.74) is 3.37. The highest BCUT2D eigenvalue weighted by Crippen LogP contribution is 2.31.